The second-order valence-electron chi connectivity index (χ2n) is 3.71. The van der Waals surface area contributed by atoms with Gasteiger partial charge in [0.1, 0.15) is 0 Å². The van der Waals surface area contributed by atoms with E-state index < -0.39 is 0 Å². The number of rotatable bonds is 1. The van der Waals surface area contributed by atoms with Gasteiger partial charge in [-0.3, -0.25) is 4.79 Å². The summed E-state index contributed by atoms with van der Waals surface area (Å²) in [6.45, 7) is 1.70. The van der Waals surface area contributed by atoms with E-state index in [-0.39, 0.29) is 5.91 Å². The molecular formula is C11H12BrN3OS. The second kappa shape index (κ2) is 5.46. The highest BCUT2D eigenvalue weighted by Crippen LogP contribution is 2.16. The average molecular weight is 314 g/mol. The van der Waals surface area contributed by atoms with Gasteiger partial charge in [0.25, 0.3) is 0 Å². The van der Waals surface area contributed by atoms with Crippen molar-refractivity contribution in [2.75, 3.05) is 25.0 Å². The van der Waals surface area contributed by atoms with Crippen LogP contribution in [0.5, 0.6) is 0 Å². The van der Waals surface area contributed by atoms with Crippen LogP contribution in [0, 0.1) is 0 Å². The number of piperazine rings is 1. The third-order valence-electron chi connectivity index (χ3n) is 2.40. The summed E-state index contributed by atoms with van der Waals surface area (Å²) in [7, 11) is 0. The molecule has 1 fully saturated rings. The predicted octanol–water partition coefficient (Wildman–Crippen LogP) is 1.58. The Balaban J connectivity index is 1.99. The lowest BCUT2D eigenvalue weighted by molar-refractivity contribution is -0.122. The van der Waals surface area contributed by atoms with Crippen LogP contribution in [0.25, 0.3) is 0 Å². The number of halogens is 1. The monoisotopic (exact) mass is 313 g/mol. The molecule has 0 bridgehead atoms. The lowest BCUT2D eigenvalue weighted by Gasteiger charge is -2.29. The molecule has 2 rings (SSSR count). The van der Waals surface area contributed by atoms with Crippen LogP contribution < -0.4 is 10.6 Å². The molecule has 0 aliphatic carbocycles. The first-order valence-corrected chi connectivity index (χ1v) is 6.43. The summed E-state index contributed by atoms with van der Waals surface area (Å²) in [6, 6.07) is 7.75. The Labute approximate surface area is 113 Å². The Morgan fingerprint density at radius 3 is 3.06 bits per heavy atom. The normalized spacial score (nSPS) is 15.4. The van der Waals surface area contributed by atoms with E-state index in [1.54, 1.807) is 0 Å². The molecule has 1 saturated heterocycles. The predicted molar refractivity (Wildman–Crippen MR) is 74.9 cm³/mol. The molecule has 2 N–H and O–H groups in total. The number of benzene rings is 1. The van der Waals surface area contributed by atoms with Crippen molar-refractivity contribution in [1.82, 2.24) is 10.2 Å². The SMILES string of the molecule is O=C1CN(C(=S)Nc2cccc(Br)c2)CCN1. The number of carbonyl (C=O) groups excluding carboxylic acids is 1. The number of hydrogen-bond acceptors (Lipinski definition) is 2. The van der Waals surface area contributed by atoms with Crippen molar-refractivity contribution < 1.29 is 4.79 Å². The molecule has 1 aromatic carbocycles. The van der Waals surface area contributed by atoms with Gasteiger partial charge in [0, 0.05) is 23.2 Å². The number of anilines is 1. The van der Waals surface area contributed by atoms with E-state index >= 15 is 0 Å². The van der Waals surface area contributed by atoms with Crippen LogP contribution in [0.4, 0.5) is 5.69 Å². The number of thiocarbonyl (C=S) groups is 1. The lowest BCUT2D eigenvalue weighted by Crippen LogP contribution is -2.51. The molecule has 1 aromatic rings. The number of amides is 1. The van der Waals surface area contributed by atoms with Crippen LogP contribution in [0.1, 0.15) is 0 Å². The first-order chi connectivity index (χ1) is 8.15. The Morgan fingerprint density at radius 1 is 1.53 bits per heavy atom. The summed E-state index contributed by atoms with van der Waals surface area (Å²) in [5, 5.41) is 6.47. The molecule has 0 unspecified atom stereocenters. The number of carbonyl (C=O) groups is 1. The van der Waals surface area contributed by atoms with E-state index in [0.717, 1.165) is 16.7 Å². The maximum absolute atomic E-state index is 11.2. The quantitative estimate of drug-likeness (QED) is 0.773. The van der Waals surface area contributed by atoms with E-state index in [4.69, 9.17) is 12.2 Å². The Kier molecular flexibility index (Phi) is 3.96. The van der Waals surface area contributed by atoms with Crippen LogP contribution in [0.15, 0.2) is 28.7 Å². The van der Waals surface area contributed by atoms with Crippen molar-refractivity contribution in [3.8, 4) is 0 Å². The minimum Gasteiger partial charge on any atom is -0.353 e. The van der Waals surface area contributed by atoms with Gasteiger partial charge >= 0.3 is 0 Å². The third-order valence-corrected chi connectivity index (χ3v) is 3.25. The van der Waals surface area contributed by atoms with E-state index in [1.807, 2.05) is 29.2 Å². The van der Waals surface area contributed by atoms with E-state index in [1.165, 1.54) is 0 Å². The highest BCUT2D eigenvalue weighted by molar-refractivity contribution is 9.10. The zero-order chi connectivity index (χ0) is 12.3. The smallest absolute Gasteiger partial charge is 0.239 e. The molecule has 1 aliphatic heterocycles. The molecule has 17 heavy (non-hydrogen) atoms. The van der Waals surface area contributed by atoms with Gasteiger partial charge in [-0.1, -0.05) is 22.0 Å². The van der Waals surface area contributed by atoms with Gasteiger partial charge in [0.15, 0.2) is 5.11 Å². The molecule has 0 spiro atoms. The summed E-state index contributed by atoms with van der Waals surface area (Å²) >= 11 is 8.67. The summed E-state index contributed by atoms with van der Waals surface area (Å²) in [4.78, 5) is 13.1. The van der Waals surface area contributed by atoms with Gasteiger partial charge in [-0.25, -0.2) is 0 Å². The fourth-order valence-electron chi connectivity index (χ4n) is 1.58. The van der Waals surface area contributed by atoms with Gasteiger partial charge in [0.2, 0.25) is 5.91 Å². The molecule has 0 radical (unpaired) electrons. The number of nitrogens with zero attached hydrogens (tertiary/aromatic N) is 1. The fourth-order valence-corrected chi connectivity index (χ4v) is 2.25. The molecule has 0 saturated carbocycles. The van der Waals surface area contributed by atoms with Crippen LogP contribution in [-0.4, -0.2) is 35.6 Å². The molecule has 6 heteroatoms. The van der Waals surface area contributed by atoms with Crippen LogP contribution in [-0.2, 0) is 4.79 Å². The molecule has 0 atom stereocenters. The lowest BCUT2D eigenvalue weighted by atomic mass is 10.3. The van der Waals surface area contributed by atoms with Crippen molar-refractivity contribution in [1.29, 1.82) is 0 Å². The van der Waals surface area contributed by atoms with Crippen LogP contribution in [0.2, 0.25) is 0 Å². The molecular weight excluding hydrogens is 302 g/mol. The molecule has 1 aliphatic rings. The second-order valence-corrected chi connectivity index (χ2v) is 5.01. The van der Waals surface area contributed by atoms with Gasteiger partial charge < -0.3 is 15.5 Å². The van der Waals surface area contributed by atoms with Crippen molar-refractivity contribution in [3.63, 3.8) is 0 Å². The fraction of sp³-hybridized carbons (Fsp3) is 0.273. The standard InChI is InChI=1S/C11H12BrN3OS/c12-8-2-1-3-9(6-8)14-11(17)15-5-4-13-10(16)7-15/h1-3,6H,4-5,7H2,(H,13,16)(H,14,17). The maximum atomic E-state index is 11.2. The van der Waals surface area contributed by atoms with Gasteiger partial charge in [-0.05, 0) is 30.4 Å². The van der Waals surface area contributed by atoms with E-state index in [9.17, 15) is 4.79 Å². The Morgan fingerprint density at radius 2 is 2.35 bits per heavy atom. The van der Waals surface area contributed by atoms with Gasteiger partial charge in [0.05, 0.1) is 6.54 Å². The van der Waals surface area contributed by atoms with Crippen molar-refractivity contribution in [2.45, 2.75) is 0 Å². The van der Waals surface area contributed by atoms with Crippen LogP contribution >= 0.6 is 28.1 Å². The molecule has 1 amide bonds. The summed E-state index contributed by atoms with van der Waals surface area (Å²) in [6.07, 6.45) is 0. The molecule has 4 nitrogen and oxygen atoms in total. The van der Waals surface area contributed by atoms with E-state index in [0.29, 0.717) is 18.2 Å². The zero-order valence-electron chi connectivity index (χ0n) is 9.07. The van der Waals surface area contributed by atoms with Crippen LogP contribution in [0.3, 0.4) is 0 Å². The molecule has 1 heterocycles. The van der Waals surface area contributed by atoms with Gasteiger partial charge in [-0.15, -0.1) is 0 Å². The van der Waals surface area contributed by atoms with Gasteiger partial charge in [-0.2, -0.15) is 0 Å². The van der Waals surface area contributed by atoms with Crippen molar-refractivity contribution in [2.24, 2.45) is 0 Å². The van der Waals surface area contributed by atoms with E-state index in [2.05, 4.69) is 26.6 Å². The Hall–Kier alpha value is -1.14. The Bertz CT molecular complexity index is 452. The molecule has 0 aromatic heterocycles. The first-order valence-electron chi connectivity index (χ1n) is 5.23. The molecule has 90 valence electrons. The highest BCUT2D eigenvalue weighted by atomic mass is 79.9. The summed E-state index contributed by atoms with van der Waals surface area (Å²) in [5.41, 5.74) is 0.912. The summed E-state index contributed by atoms with van der Waals surface area (Å²) in [5.74, 6) is 0.00893. The zero-order valence-corrected chi connectivity index (χ0v) is 11.5. The van der Waals surface area contributed by atoms with Crippen molar-refractivity contribution in [3.05, 3.63) is 28.7 Å². The average Bonchev–Trinajstić information content (AvgIpc) is 2.29. The largest absolute Gasteiger partial charge is 0.353 e. The minimum atomic E-state index is 0.00893. The maximum Gasteiger partial charge on any atom is 0.239 e. The summed E-state index contributed by atoms with van der Waals surface area (Å²) < 4.78 is 0.988. The topological polar surface area (TPSA) is 44.4 Å². The minimum absolute atomic E-state index is 0.00893. The van der Waals surface area contributed by atoms with Crippen molar-refractivity contribution >= 4 is 44.9 Å². The number of nitrogens with one attached hydrogen (secondary N) is 2. The highest BCUT2D eigenvalue weighted by Gasteiger charge is 2.18. The third kappa shape index (κ3) is 3.41. The first kappa shape index (κ1) is 12.3. The number of hydrogen-bond donors (Lipinski definition) is 2.